The van der Waals surface area contributed by atoms with Crippen molar-refractivity contribution in [2.24, 2.45) is 10.8 Å². The molecule has 0 bridgehead atoms. The molecule has 0 aliphatic heterocycles. The van der Waals surface area contributed by atoms with Crippen LogP contribution in [-0.2, 0) is 12.8 Å². The second-order valence-corrected chi connectivity index (χ2v) is 12.3. The Bertz CT molecular complexity index is 1380. The zero-order valence-corrected chi connectivity index (χ0v) is 21.1. The molecular formula is C32H35N. The van der Waals surface area contributed by atoms with Crippen molar-refractivity contribution in [1.29, 1.82) is 0 Å². The summed E-state index contributed by atoms with van der Waals surface area (Å²) in [6, 6.07) is 21.0. The molecule has 0 N–H and O–H groups in total. The highest BCUT2D eigenvalue weighted by Gasteiger charge is 2.25. The van der Waals surface area contributed by atoms with E-state index in [1.807, 2.05) is 6.20 Å². The van der Waals surface area contributed by atoms with Crippen molar-refractivity contribution >= 4 is 10.8 Å². The average molecular weight is 434 g/mol. The second kappa shape index (κ2) is 7.55. The van der Waals surface area contributed by atoms with Crippen LogP contribution in [0.2, 0.25) is 0 Å². The predicted molar refractivity (Wildman–Crippen MR) is 143 cm³/mol. The molecule has 0 radical (unpaired) electrons. The quantitative estimate of drug-likeness (QED) is 0.270. The van der Waals surface area contributed by atoms with Gasteiger partial charge in [-0.1, -0.05) is 95.6 Å². The van der Waals surface area contributed by atoms with Gasteiger partial charge >= 0.3 is 0 Å². The number of pyridine rings is 1. The fourth-order valence-electron chi connectivity index (χ4n) is 5.37. The van der Waals surface area contributed by atoms with Crippen LogP contribution < -0.4 is 0 Å². The molecule has 0 unspecified atom stereocenters. The topological polar surface area (TPSA) is 12.9 Å². The largest absolute Gasteiger partial charge is 0.256 e. The Morgan fingerprint density at radius 1 is 0.606 bits per heavy atom. The third kappa shape index (κ3) is 4.22. The van der Waals surface area contributed by atoms with Crippen LogP contribution in [-0.4, -0.2) is 4.98 Å². The first-order chi connectivity index (χ1) is 15.5. The number of hydrogen-bond acceptors (Lipinski definition) is 1. The lowest BCUT2D eigenvalue weighted by molar-refractivity contribution is 0.411. The monoisotopic (exact) mass is 433 g/mol. The van der Waals surface area contributed by atoms with Crippen LogP contribution in [0.3, 0.4) is 0 Å². The van der Waals surface area contributed by atoms with Gasteiger partial charge in [0.15, 0.2) is 0 Å². The number of aromatic nitrogens is 1. The molecule has 1 aliphatic carbocycles. The van der Waals surface area contributed by atoms with Gasteiger partial charge in [-0.3, -0.25) is 4.98 Å². The lowest BCUT2D eigenvalue weighted by Gasteiger charge is -2.21. The Morgan fingerprint density at radius 3 is 1.97 bits per heavy atom. The van der Waals surface area contributed by atoms with Gasteiger partial charge in [-0.15, -0.1) is 0 Å². The van der Waals surface area contributed by atoms with Gasteiger partial charge in [-0.2, -0.15) is 0 Å². The summed E-state index contributed by atoms with van der Waals surface area (Å²) in [4.78, 5) is 4.94. The van der Waals surface area contributed by atoms with E-state index in [2.05, 4.69) is 103 Å². The Kier molecular flexibility index (Phi) is 5.01. The zero-order chi connectivity index (χ0) is 23.5. The first-order valence-corrected chi connectivity index (χ1v) is 12.1. The fourth-order valence-corrected chi connectivity index (χ4v) is 5.37. The molecule has 3 aromatic carbocycles. The fraction of sp³-hybridized carbons (Fsp3) is 0.344. The van der Waals surface area contributed by atoms with Gasteiger partial charge in [0.1, 0.15) is 0 Å². The molecule has 4 aromatic rings. The third-order valence-corrected chi connectivity index (χ3v) is 6.49. The summed E-state index contributed by atoms with van der Waals surface area (Å²) in [5, 5.41) is 2.57. The normalized spacial score (nSPS) is 12.9. The van der Waals surface area contributed by atoms with Gasteiger partial charge in [0.25, 0.3) is 0 Å². The summed E-state index contributed by atoms with van der Waals surface area (Å²) in [5.74, 6) is 0. The van der Waals surface area contributed by atoms with Crippen LogP contribution in [0.15, 0.2) is 60.8 Å². The van der Waals surface area contributed by atoms with Crippen molar-refractivity contribution in [3.05, 3.63) is 77.5 Å². The Hall–Kier alpha value is -2.93. The molecule has 0 amide bonds. The van der Waals surface area contributed by atoms with E-state index in [0.29, 0.717) is 0 Å². The van der Waals surface area contributed by atoms with Gasteiger partial charge in [-0.05, 0) is 75.4 Å². The van der Waals surface area contributed by atoms with E-state index in [0.717, 1.165) is 18.5 Å². The molecule has 168 valence electrons. The van der Waals surface area contributed by atoms with Crippen molar-refractivity contribution in [1.82, 2.24) is 4.98 Å². The highest BCUT2D eigenvalue weighted by molar-refractivity contribution is 6.12. The van der Waals surface area contributed by atoms with Gasteiger partial charge in [0.2, 0.25) is 0 Å². The van der Waals surface area contributed by atoms with Crippen LogP contribution in [0, 0.1) is 17.8 Å². The van der Waals surface area contributed by atoms with E-state index in [1.54, 1.807) is 0 Å². The Labute approximate surface area is 198 Å². The van der Waals surface area contributed by atoms with E-state index in [4.69, 9.17) is 4.98 Å². The average Bonchev–Trinajstić information content (AvgIpc) is 2.80. The van der Waals surface area contributed by atoms with Gasteiger partial charge in [0.05, 0.1) is 5.69 Å². The summed E-state index contributed by atoms with van der Waals surface area (Å²) >= 11 is 0. The maximum Gasteiger partial charge on any atom is 0.0792 e. The molecule has 0 spiro atoms. The summed E-state index contributed by atoms with van der Waals surface area (Å²) in [5.41, 5.74) is 12.2. The summed E-state index contributed by atoms with van der Waals surface area (Å²) in [6.45, 7) is 16.1. The molecule has 1 aromatic heterocycles. The van der Waals surface area contributed by atoms with Crippen LogP contribution in [0.5, 0.6) is 0 Å². The predicted octanol–water partition coefficient (Wildman–Crippen LogP) is 9.03. The van der Waals surface area contributed by atoms with E-state index < -0.39 is 0 Å². The van der Waals surface area contributed by atoms with E-state index in [9.17, 15) is 0 Å². The molecule has 0 saturated heterocycles. The maximum atomic E-state index is 4.94. The van der Waals surface area contributed by atoms with Crippen molar-refractivity contribution in [2.45, 2.75) is 61.3 Å². The third-order valence-electron chi connectivity index (χ3n) is 6.49. The maximum absolute atomic E-state index is 4.94. The van der Waals surface area contributed by atoms with Crippen LogP contribution >= 0.6 is 0 Å². The molecule has 1 aliphatic rings. The van der Waals surface area contributed by atoms with Gasteiger partial charge in [-0.25, -0.2) is 0 Å². The number of nitrogens with zero attached hydrogens (tertiary/aromatic N) is 1. The molecular weight excluding hydrogens is 398 g/mol. The van der Waals surface area contributed by atoms with Gasteiger partial charge in [0, 0.05) is 17.1 Å². The molecule has 1 heteroatoms. The zero-order valence-electron chi connectivity index (χ0n) is 21.1. The molecule has 1 heterocycles. The molecule has 0 fully saturated rings. The van der Waals surface area contributed by atoms with Crippen molar-refractivity contribution in [3.63, 3.8) is 0 Å². The van der Waals surface area contributed by atoms with E-state index in [-0.39, 0.29) is 10.8 Å². The first-order valence-electron chi connectivity index (χ1n) is 12.1. The number of rotatable bonds is 2. The number of benzene rings is 3. The van der Waals surface area contributed by atoms with Gasteiger partial charge < -0.3 is 0 Å². The molecule has 1 nitrogen and oxygen atoms in total. The van der Waals surface area contributed by atoms with Crippen LogP contribution in [0.1, 0.15) is 58.2 Å². The number of aryl methyl sites for hydroxylation is 1. The molecule has 33 heavy (non-hydrogen) atoms. The minimum absolute atomic E-state index is 0.237. The summed E-state index contributed by atoms with van der Waals surface area (Å²) < 4.78 is 0. The van der Waals surface area contributed by atoms with Crippen LogP contribution in [0.25, 0.3) is 44.3 Å². The first kappa shape index (κ1) is 21.9. The standard InChI is InChI=1S/C32H35N/c1-20-8-10-25-26(14-20)27-16-21(18-31(2,3)4)9-11-24(27)28-17-22(19-32(5,6)7)15-23-12-13-33-30(25)29(23)28/h8-17H,18-19H2,1-7H3. The van der Waals surface area contributed by atoms with Crippen molar-refractivity contribution in [3.8, 4) is 33.5 Å². The highest BCUT2D eigenvalue weighted by atomic mass is 14.7. The second-order valence-electron chi connectivity index (χ2n) is 12.3. The summed E-state index contributed by atoms with van der Waals surface area (Å²) in [7, 11) is 0. The van der Waals surface area contributed by atoms with Crippen molar-refractivity contribution in [2.75, 3.05) is 0 Å². The van der Waals surface area contributed by atoms with Crippen LogP contribution in [0.4, 0.5) is 0 Å². The smallest absolute Gasteiger partial charge is 0.0792 e. The minimum atomic E-state index is 0.237. The Balaban J connectivity index is 1.86. The highest BCUT2D eigenvalue weighted by Crippen LogP contribution is 2.48. The van der Waals surface area contributed by atoms with E-state index >= 15 is 0 Å². The molecule has 0 atom stereocenters. The van der Waals surface area contributed by atoms with E-state index in [1.165, 1.54) is 55.3 Å². The minimum Gasteiger partial charge on any atom is -0.256 e. The molecule has 5 rings (SSSR count). The number of fused-ring (bicyclic) bond motifs is 5. The lowest BCUT2D eigenvalue weighted by atomic mass is 9.83. The Morgan fingerprint density at radius 2 is 1.24 bits per heavy atom. The number of hydrogen-bond donors (Lipinski definition) is 0. The molecule has 0 saturated carbocycles. The SMILES string of the molecule is Cc1ccc2c(c1)-c1cc(CC(C)(C)C)ccc1-c1cc(CC(C)(C)C)cc3ccnc-2c13. The summed E-state index contributed by atoms with van der Waals surface area (Å²) in [6.07, 6.45) is 4.09. The lowest BCUT2D eigenvalue weighted by Crippen LogP contribution is -2.09. The van der Waals surface area contributed by atoms with Crippen molar-refractivity contribution < 1.29 is 0 Å².